The average Bonchev–Trinajstić information content (AvgIpc) is 2.30. The lowest BCUT2D eigenvalue weighted by atomic mass is 10.1. The molecule has 116 valence electrons. The Morgan fingerprint density at radius 2 is 2.00 bits per heavy atom. The van der Waals surface area contributed by atoms with Gasteiger partial charge in [0.1, 0.15) is 11.4 Å². The van der Waals surface area contributed by atoms with Crippen molar-refractivity contribution in [1.82, 2.24) is 0 Å². The minimum absolute atomic E-state index is 0.0153. The van der Waals surface area contributed by atoms with E-state index in [-0.39, 0.29) is 11.3 Å². The van der Waals surface area contributed by atoms with Crippen LogP contribution in [0, 0.1) is 5.82 Å². The van der Waals surface area contributed by atoms with E-state index >= 15 is 0 Å². The number of halogens is 1. The van der Waals surface area contributed by atoms with E-state index in [1.54, 1.807) is 20.8 Å². The third-order valence-corrected chi connectivity index (χ3v) is 2.39. The third-order valence-electron chi connectivity index (χ3n) is 2.39. The fourth-order valence-corrected chi connectivity index (χ4v) is 1.53. The molecule has 0 fully saturated rings. The van der Waals surface area contributed by atoms with Crippen molar-refractivity contribution in [2.75, 3.05) is 5.32 Å². The first-order valence-electron chi connectivity index (χ1n) is 6.28. The number of rotatable bonds is 4. The van der Waals surface area contributed by atoms with Gasteiger partial charge in [-0.2, -0.15) is 0 Å². The first kappa shape index (κ1) is 16.9. The number of carboxylic acids is 1. The summed E-state index contributed by atoms with van der Waals surface area (Å²) in [6, 6.07) is 3.65. The van der Waals surface area contributed by atoms with Gasteiger partial charge in [0.25, 0.3) is 0 Å². The van der Waals surface area contributed by atoms with Crippen LogP contribution in [0.5, 0.6) is 0 Å². The topological polar surface area (TPSA) is 95.9 Å². The second-order valence-corrected chi connectivity index (χ2v) is 5.49. The summed E-state index contributed by atoms with van der Waals surface area (Å²) in [6.45, 7) is 5.10. The van der Waals surface area contributed by atoms with Crippen LogP contribution in [0.4, 0.5) is 14.9 Å². The highest BCUT2D eigenvalue weighted by atomic mass is 19.1. The first-order chi connectivity index (χ1) is 9.58. The maximum absolute atomic E-state index is 13.6. The molecule has 21 heavy (non-hydrogen) atoms. The summed E-state index contributed by atoms with van der Waals surface area (Å²) < 4.78 is 18.6. The SMILES string of the molecule is CC(C)(C)OC(=O)Nc1ccc(F)c(CC(O)C(=O)O)c1. The molecule has 1 unspecified atom stereocenters. The Morgan fingerprint density at radius 3 is 2.52 bits per heavy atom. The van der Waals surface area contributed by atoms with Crippen LogP contribution in [0.1, 0.15) is 26.3 Å². The van der Waals surface area contributed by atoms with Crippen LogP contribution in [0.3, 0.4) is 0 Å². The highest BCUT2D eigenvalue weighted by molar-refractivity contribution is 5.85. The molecule has 1 amide bonds. The maximum atomic E-state index is 13.6. The van der Waals surface area contributed by atoms with E-state index < -0.39 is 36.0 Å². The monoisotopic (exact) mass is 299 g/mol. The Labute approximate surface area is 121 Å². The van der Waals surface area contributed by atoms with Crippen LogP contribution in [-0.4, -0.2) is 34.0 Å². The van der Waals surface area contributed by atoms with Gasteiger partial charge in [0.05, 0.1) is 0 Å². The Bertz CT molecular complexity index is 539. The number of carboxylic acid groups (broad SMARTS) is 1. The summed E-state index contributed by atoms with van der Waals surface area (Å²) in [5.41, 5.74) is -0.441. The largest absolute Gasteiger partial charge is 0.479 e. The lowest BCUT2D eigenvalue weighted by molar-refractivity contribution is -0.146. The molecule has 0 saturated carbocycles. The van der Waals surface area contributed by atoms with Crippen molar-refractivity contribution in [2.24, 2.45) is 0 Å². The van der Waals surface area contributed by atoms with Crippen LogP contribution >= 0.6 is 0 Å². The molecule has 0 heterocycles. The molecule has 1 aromatic rings. The maximum Gasteiger partial charge on any atom is 0.412 e. The molecule has 0 aliphatic carbocycles. The highest BCUT2D eigenvalue weighted by Gasteiger charge is 2.19. The lowest BCUT2D eigenvalue weighted by Crippen LogP contribution is -2.27. The Kier molecular flexibility index (Phi) is 5.26. The van der Waals surface area contributed by atoms with Crippen molar-refractivity contribution < 1.29 is 28.9 Å². The van der Waals surface area contributed by atoms with Gasteiger partial charge in [-0.1, -0.05) is 0 Å². The van der Waals surface area contributed by atoms with Crippen molar-refractivity contribution in [3.63, 3.8) is 0 Å². The molecule has 7 heteroatoms. The zero-order valence-electron chi connectivity index (χ0n) is 12.0. The van der Waals surface area contributed by atoms with Gasteiger partial charge in [-0.15, -0.1) is 0 Å². The molecule has 0 spiro atoms. The number of hydrogen-bond acceptors (Lipinski definition) is 4. The number of aliphatic hydroxyl groups is 1. The van der Waals surface area contributed by atoms with Crippen molar-refractivity contribution in [2.45, 2.75) is 38.9 Å². The van der Waals surface area contributed by atoms with Gasteiger partial charge in [-0.05, 0) is 44.5 Å². The molecular weight excluding hydrogens is 281 g/mol. The number of ether oxygens (including phenoxy) is 1. The molecule has 0 bridgehead atoms. The number of aliphatic hydroxyl groups excluding tert-OH is 1. The molecule has 6 nitrogen and oxygen atoms in total. The first-order valence-corrected chi connectivity index (χ1v) is 6.28. The van der Waals surface area contributed by atoms with Gasteiger partial charge < -0.3 is 14.9 Å². The van der Waals surface area contributed by atoms with Gasteiger partial charge >= 0.3 is 12.1 Å². The van der Waals surface area contributed by atoms with Crippen molar-refractivity contribution in [3.05, 3.63) is 29.6 Å². The van der Waals surface area contributed by atoms with E-state index in [1.807, 2.05) is 0 Å². The number of carbonyl (C=O) groups is 2. The standard InChI is InChI=1S/C14H18FNO5/c1-14(2,3)21-13(20)16-9-4-5-10(15)8(6-9)7-11(17)12(18)19/h4-6,11,17H,7H2,1-3H3,(H,16,20)(H,18,19). The van der Waals surface area contributed by atoms with Gasteiger partial charge in [0, 0.05) is 12.1 Å². The Morgan fingerprint density at radius 1 is 1.38 bits per heavy atom. The molecule has 0 aliphatic rings. The minimum atomic E-state index is -1.71. The molecule has 1 aromatic carbocycles. The molecule has 0 saturated heterocycles. The number of anilines is 1. The molecular formula is C14H18FNO5. The Balaban J connectivity index is 2.82. The second kappa shape index (κ2) is 6.53. The van der Waals surface area contributed by atoms with Gasteiger partial charge in [0.15, 0.2) is 6.10 Å². The quantitative estimate of drug-likeness (QED) is 0.791. The number of amides is 1. The van der Waals surface area contributed by atoms with Crippen molar-refractivity contribution >= 4 is 17.7 Å². The van der Waals surface area contributed by atoms with Crippen LogP contribution in [0.25, 0.3) is 0 Å². The van der Waals surface area contributed by atoms with E-state index in [2.05, 4.69) is 5.32 Å². The zero-order valence-corrected chi connectivity index (χ0v) is 12.0. The summed E-state index contributed by atoms with van der Waals surface area (Å²) in [7, 11) is 0. The van der Waals surface area contributed by atoms with Crippen LogP contribution in [0.15, 0.2) is 18.2 Å². The van der Waals surface area contributed by atoms with Crippen LogP contribution in [0.2, 0.25) is 0 Å². The summed E-state index contributed by atoms with van der Waals surface area (Å²) >= 11 is 0. The second-order valence-electron chi connectivity index (χ2n) is 5.49. The van der Waals surface area contributed by atoms with Gasteiger partial charge in [-0.3, -0.25) is 5.32 Å². The molecule has 0 radical (unpaired) electrons. The summed E-state index contributed by atoms with van der Waals surface area (Å²) in [4.78, 5) is 22.2. The summed E-state index contributed by atoms with van der Waals surface area (Å²) in [5, 5.41) is 20.3. The Hall–Kier alpha value is -2.15. The van der Waals surface area contributed by atoms with E-state index in [1.165, 1.54) is 12.1 Å². The van der Waals surface area contributed by atoms with E-state index in [4.69, 9.17) is 9.84 Å². The number of hydrogen-bond donors (Lipinski definition) is 3. The smallest absolute Gasteiger partial charge is 0.412 e. The fraction of sp³-hybridized carbons (Fsp3) is 0.429. The van der Waals surface area contributed by atoms with Gasteiger partial charge in [0.2, 0.25) is 0 Å². The fourth-order valence-electron chi connectivity index (χ4n) is 1.53. The molecule has 1 rings (SSSR count). The van der Waals surface area contributed by atoms with Crippen molar-refractivity contribution in [3.8, 4) is 0 Å². The minimum Gasteiger partial charge on any atom is -0.479 e. The predicted octanol–water partition coefficient (Wildman–Crippen LogP) is 2.16. The zero-order chi connectivity index (χ0) is 16.2. The van der Waals surface area contributed by atoms with E-state index in [0.717, 1.165) is 6.07 Å². The number of benzene rings is 1. The van der Waals surface area contributed by atoms with E-state index in [9.17, 15) is 19.1 Å². The molecule has 3 N–H and O–H groups in total. The average molecular weight is 299 g/mol. The number of aliphatic carboxylic acids is 1. The van der Waals surface area contributed by atoms with Gasteiger partial charge in [-0.25, -0.2) is 14.0 Å². The predicted molar refractivity (Wildman–Crippen MR) is 73.6 cm³/mol. The van der Waals surface area contributed by atoms with E-state index in [0.29, 0.717) is 0 Å². The van der Waals surface area contributed by atoms with Crippen LogP contribution in [-0.2, 0) is 16.0 Å². The normalized spacial score (nSPS) is 12.6. The number of carbonyl (C=O) groups excluding carboxylic acids is 1. The van der Waals surface area contributed by atoms with Crippen LogP contribution < -0.4 is 5.32 Å². The third kappa shape index (κ3) is 5.78. The lowest BCUT2D eigenvalue weighted by Gasteiger charge is -2.20. The number of nitrogens with one attached hydrogen (secondary N) is 1. The molecule has 1 atom stereocenters. The summed E-state index contributed by atoms with van der Waals surface area (Å²) in [5.74, 6) is -2.11. The highest BCUT2D eigenvalue weighted by Crippen LogP contribution is 2.18. The van der Waals surface area contributed by atoms with Crippen molar-refractivity contribution in [1.29, 1.82) is 0 Å². The summed E-state index contributed by atoms with van der Waals surface area (Å²) in [6.07, 6.45) is -2.82. The molecule has 0 aliphatic heterocycles. The molecule has 0 aromatic heterocycles.